The fraction of sp³-hybridized carbons (Fsp3) is 0.450. The van der Waals surface area contributed by atoms with Crippen LogP contribution in [0.3, 0.4) is 0 Å². The van der Waals surface area contributed by atoms with Crippen LogP contribution in [0.5, 0.6) is 0 Å². The molecule has 2 aliphatic rings. The van der Waals surface area contributed by atoms with Gasteiger partial charge in [0.1, 0.15) is 6.33 Å². The molecule has 3 heterocycles. The van der Waals surface area contributed by atoms with E-state index in [-0.39, 0.29) is 17.6 Å². The average molecular weight is 397 g/mol. The van der Waals surface area contributed by atoms with Crippen LogP contribution in [0, 0.1) is 16.0 Å². The van der Waals surface area contributed by atoms with Crippen LogP contribution in [0.2, 0.25) is 0 Å². The van der Waals surface area contributed by atoms with Crippen LogP contribution in [0.4, 0.5) is 23.0 Å². The monoisotopic (exact) mass is 397 g/mol. The van der Waals surface area contributed by atoms with E-state index in [0.717, 1.165) is 17.7 Å². The standard InChI is InChI=1S/C20H23N5O4/c1-2-29-20(26)15-7-10-23(11-8-15)18-17(25(27)28)19(22-13-21-18)24-12-9-14-5-3-4-6-16(14)24/h3-6,13,15H,2,7-12H2,1H3. The molecule has 0 amide bonds. The van der Waals surface area contributed by atoms with Gasteiger partial charge in [0.2, 0.25) is 11.6 Å². The van der Waals surface area contributed by atoms with Crippen molar-refractivity contribution >= 4 is 29.0 Å². The number of ether oxygens (including phenoxy) is 1. The molecule has 9 heteroatoms. The lowest BCUT2D eigenvalue weighted by Crippen LogP contribution is -2.38. The van der Waals surface area contributed by atoms with Crippen molar-refractivity contribution in [2.75, 3.05) is 36.0 Å². The number of benzene rings is 1. The maximum atomic E-state index is 12.0. The van der Waals surface area contributed by atoms with E-state index in [9.17, 15) is 14.9 Å². The highest BCUT2D eigenvalue weighted by Gasteiger charge is 2.35. The van der Waals surface area contributed by atoms with Crippen molar-refractivity contribution in [3.05, 3.63) is 46.3 Å². The summed E-state index contributed by atoms with van der Waals surface area (Å²) in [5.41, 5.74) is 2.01. The fourth-order valence-corrected chi connectivity index (χ4v) is 4.10. The Bertz CT molecular complexity index is 927. The molecule has 0 atom stereocenters. The second-order valence-electron chi connectivity index (χ2n) is 7.17. The fourth-order valence-electron chi connectivity index (χ4n) is 4.10. The Morgan fingerprint density at radius 3 is 2.66 bits per heavy atom. The molecular weight excluding hydrogens is 374 g/mol. The number of anilines is 3. The maximum absolute atomic E-state index is 12.0. The number of esters is 1. The van der Waals surface area contributed by atoms with Gasteiger partial charge in [-0.2, -0.15) is 0 Å². The second kappa shape index (κ2) is 8.02. The Morgan fingerprint density at radius 2 is 1.93 bits per heavy atom. The molecule has 9 nitrogen and oxygen atoms in total. The van der Waals surface area contributed by atoms with Gasteiger partial charge in [0, 0.05) is 25.3 Å². The molecule has 0 saturated carbocycles. The maximum Gasteiger partial charge on any atom is 0.353 e. The summed E-state index contributed by atoms with van der Waals surface area (Å²) in [6, 6.07) is 7.88. The molecule has 1 aromatic heterocycles. The third-order valence-corrected chi connectivity index (χ3v) is 5.52. The minimum atomic E-state index is -0.400. The summed E-state index contributed by atoms with van der Waals surface area (Å²) in [6.45, 7) is 3.81. The molecule has 1 saturated heterocycles. The van der Waals surface area contributed by atoms with Gasteiger partial charge in [-0.1, -0.05) is 18.2 Å². The smallest absolute Gasteiger partial charge is 0.353 e. The highest BCUT2D eigenvalue weighted by atomic mass is 16.6. The number of nitro groups is 1. The van der Waals surface area contributed by atoms with Crippen molar-refractivity contribution in [1.29, 1.82) is 0 Å². The van der Waals surface area contributed by atoms with Gasteiger partial charge in [-0.25, -0.2) is 9.97 Å². The number of para-hydroxylation sites is 1. The van der Waals surface area contributed by atoms with Gasteiger partial charge in [0.05, 0.1) is 17.4 Å². The number of rotatable bonds is 5. The summed E-state index contributed by atoms with van der Waals surface area (Å²) < 4.78 is 5.11. The number of carbonyl (C=O) groups is 1. The molecule has 0 radical (unpaired) electrons. The Hall–Kier alpha value is -3.23. The van der Waals surface area contributed by atoms with Crippen molar-refractivity contribution < 1.29 is 14.5 Å². The first-order chi connectivity index (χ1) is 14.1. The third kappa shape index (κ3) is 3.59. The van der Waals surface area contributed by atoms with E-state index >= 15 is 0 Å². The van der Waals surface area contributed by atoms with Gasteiger partial charge < -0.3 is 14.5 Å². The normalized spacial score (nSPS) is 16.6. The topological polar surface area (TPSA) is 102 Å². The van der Waals surface area contributed by atoms with Crippen LogP contribution in [0.1, 0.15) is 25.3 Å². The summed E-state index contributed by atoms with van der Waals surface area (Å²) >= 11 is 0. The van der Waals surface area contributed by atoms with E-state index in [0.29, 0.717) is 50.7 Å². The minimum absolute atomic E-state index is 0.0845. The molecular formula is C20H23N5O4. The molecule has 0 unspecified atom stereocenters. The van der Waals surface area contributed by atoms with Gasteiger partial charge in [0.25, 0.3) is 0 Å². The molecule has 4 rings (SSSR count). The first-order valence-corrected chi connectivity index (χ1v) is 9.86. The van der Waals surface area contributed by atoms with Crippen LogP contribution in [0.25, 0.3) is 0 Å². The molecule has 1 fully saturated rings. The van der Waals surface area contributed by atoms with Crippen LogP contribution >= 0.6 is 0 Å². The summed E-state index contributed by atoms with van der Waals surface area (Å²) in [7, 11) is 0. The summed E-state index contributed by atoms with van der Waals surface area (Å²) in [5.74, 6) is 0.264. The Morgan fingerprint density at radius 1 is 1.21 bits per heavy atom. The molecule has 2 aliphatic heterocycles. The predicted octanol–water partition coefficient (Wildman–Crippen LogP) is 2.86. The van der Waals surface area contributed by atoms with Gasteiger partial charge >= 0.3 is 11.7 Å². The van der Waals surface area contributed by atoms with Crippen LogP contribution < -0.4 is 9.80 Å². The van der Waals surface area contributed by atoms with E-state index in [2.05, 4.69) is 9.97 Å². The van der Waals surface area contributed by atoms with Gasteiger partial charge in [0.15, 0.2) is 0 Å². The lowest BCUT2D eigenvalue weighted by molar-refractivity contribution is -0.383. The lowest BCUT2D eigenvalue weighted by Gasteiger charge is -2.31. The molecule has 0 N–H and O–H groups in total. The average Bonchev–Trinajstić information content (AvgIpc) is 3.17. The highest BCUT2D eigenvalue weighted by Crippen LogP contribution is 2.41. The van der Waals surface area contributed by atoms with E-state index in [1.54, 1.807) is 6.92 Å². The van der Waals surface area contributed by atoms with Gasteiger partial charge in [-0.05, 0) is 37.8 Å². The Balaban J connectivity index is 1.62. The number of carbonyl (C=O) groups excluding carboxylic acids is 1. The van der Waals surface area contributed by atoms with E-state index < -0.39 is 4.92 Å². The van der Waals surface area contributed by atoms with Crippen molar-refractivity contribution in [2.45, 2.75) is 26.2 Å². The number of aromatic nitrogens is 2. The number of fused-ring (bicyclic) bond motifs is 1. The SMILES string of the molecule is CCOC(=O)C1CCN(c2ncnc(N3CCc4ccccc43)c2[N+](=O)[O-])CC1. The summed E-state index contributed by atoms with van der Waals surface area (Å²) in [6.07, 6.45) is 3.37. The van der Waals surface area contributed by atoms with Crippen LogP contribution in [0.15, 0.2) is 30.6 Å². The van der Waals surface area contributed by atoms with Crippen molar-refractivity contribution in [2.24, 2.45) is 5.92 Å². The Labute approximate surface area is 168 Å². The zero-order valence-electron chi connectivity index (χ0n) is 16.3. The largest absolute Gasteiger partial charge is 0.466 e. The predicted molar refractivity (Wildman–Crippen MR) is 107 cm³/mol. The molecule has 2 aromatic rings. The molecule has 29 heavy (non-hydrogen) atoms. The first kappa shape index (κ1) is 19.1. The molecule has 152 valence electrons. The van der Waals surface area contributed by atoms with Crippen LogP contribution in [-0.4, -0.2) is 47.1 Å². The van der Waals surface area contributed by atoms with Gasteiger partial charge in [-0.15, -0.1) is 0 Å². The number of hydrogen-bond donors (Lipinski definition) is 0. The molecule has 0 aliphatic carbocycles. The first-order valence-electron chi connectivity index (χ1n) is 9.86. The number of nitrogens with zero attached hydrogens (tertiary/aromatic N) is 5. The van der Waals surface area contributed by atoms with E-state index in [1.807, 2.05) is 34.1 Å². The van der Waals surface area contributed by atoms with Gasteiger partial charge in [-0.3, -0.25) is 14.9 Å². The summed E-state index contributed by atoms with van der Waals surface area (Å²) in [5, 5.41) is 12.0. The molecule has 0 bridgehead atoms. The quantitative estimate of drug-likeness (QED) is 0.431. The van der Waals surface area contributed by atoms with Crippen molar-refractivity contribution in [1.82, 2.24) is 9.97 Å². The number of hydrogen-bond acceptors (Lipinski definition) is 8. The third-order valence-electron chi connectivity index (χ3n) is 5.52. The highest BCUT2D eigenvalue weighted by molar-refractivity contribution is 5.79. The minimum Gasteiger partial charge on any atom is -0.466 e. The summed E-state index contributed by atoms with van der Waals surface area (Å²) in [4.78, 5) is 35.9. The Kier molecular flexibility index (Phi) is 5.28. The number of piperidine rings is 1. The molecule has 0 spiro atoms. The van der Waals surface area contributed by atoms with Crippen molar-refractivity contribution in [3.8, 4) is 0 Å². The second-order valence-corrected chi connectivity index (χ2v) is 7.17. The van der Waals surface area contributed by atoms with Crippen LogP contribution in [-0.2, 0) is 16.0 Å². The lowest BCUT2D eigenvalue weighted by atomic mass is 9.97. The van der Waals surface area contributed by atoms with Crippen molar-refractivity contribution in [3.63, 3.8) is 0 Å². The zero-order valence-corrected chi connectivity index (χ0v) is 16.3. The molecule has 1 aromatic carbocycles. The van der Waals surface area contributed by atoms with E-state index in [4.69, 9.17) is 4.74 Å². The zero-order chi connectivity index (χ0) is 20.4. The van der Waals surface area contributed by atoms with E-state index in [1.165, 1.54) is 6.33 Å².